The van der Waals surface area contributed by atoms with E-state index in [9.17, 15) is 19.7 Å². The molecule has 0 unspecified atom stereocenters. The van der Waals surface area contributed by atoms with E-state index >= 15 is 0 Å². The molecule has 8 heteroatoms. The van der Waals surface area contributed by atoms with Crippen LogP contribution in [0, 0.1) is 21.4 Å². The first-order chi connectivity index (χ1) is 12.4. The van der Waals surface area contributed by atoms with Crippen LogP contribution >= 0.6 is 0 Å². The summed E-state index contributed by atoms with van der Waals surface area (Å²) in [7, 11) is 0. The number of benzene rings is 2. The van der Waals surface area contributed by atoms with Gasteiger partial charge in [-0.15, -0.1) is 0 Å². The van der Waals surface area contributed by atoms with Crippen molar-refractivity contribution in [2.45, 2.75) is 19.4 Å². The van der Waals surface area contributed by atoms with Gasteiger partial charge in [-0.05, 0) is 31.2 Å². The molecule has 0 heterocycles. The Labute approximate surface area is 149 Å². The summed E-state index contributed by atoms with van der Waals surface area (Å²) in [6.45, 7) is 1.40. The minimum atomic E-state index is -1.08. The zero-order chi connectivity index (χ0) is 19.1. The summed E-state index contributed by atoms with van der Waals surface area (Å²) in [5, 5.41) is 22.2. The summed E-state index contributed by atoms with van der Waals surface area (Å²) in [5.41, 5.74) is 0.934. The quantitative estimate of drug-likeness (QED) is 0.484. The Hall–Kier alpha value is -3.73. The number of anilines is 1. The summed E-state index contributed by atoms with van der Waals surface area (Å²) in [5.74, 6) is -1.30. The van der Waals surface area contributed by atoms with E-state index in [2.05, 4.69) is 5.32 Å². The van der Waals surface area contributed by atoms with E-state index in [1.807, 2.05) is 6.07 Å². The third kappa shape index (κ3) is 4.88. The average molecular weight is 353 g/mol. The molecule has 0 saturated carbocycles. The standard InChI is InChI=1S/C18H15N3O5/c1-12(18(23)20-15-8-6-13(11-19)7-9-15)26-17(22)10-14-4-2-3-5-16(14)21(24)25/h2-9,12H,10H2,1H3,(H,20,23)/t12-/m1/s1. The second-order valence-electron chi connectivity index (χ2n) is 5.37. The van der Waals surface area contributed by atoms with Gasteiger partial charge in [0.25, 0.3) is 11.6 Å². The maximum absolute atomic E-state index is 12.1. The van der Waals surface area contributed by atoms with Gasteiger partial charge in [0.05, 0.1) is 23.0 Å². The minimum absolute atomic E-state index is 0.181. The van der Waals surface area contributed by atoms with Crippen LogP contribution in [0.15, 0.2) is 48.5 Å². The van der Waals surface area contributed by atoms with E-state index in [0.717, 1.165) is 0 Å². The van der Waals surface area contributed by atoms with Crippen LogP contribution in [0.4, 0.5) is 11.4 Å². The number of nitriles is 1. The number of hydrogen-bond acceptors (Lipinski definition) is 6. The lowest BCUT2D eigenvalue weighted by molar-refractivity contribution is -0.385. The summed E-state index contributed by atoms with van der Waals surface area (Å²) >= 11 is 0. The van der Waals surface area contributed by atoms with Crippen molar-refractivity contribution in [3.63, 3.8) is 0 Å². The first kappa shape index (κ1) is 18.6. The largest absolute Gasteiger partial charge is 0.452 e. The average Bonchev–Trinajstić information content (AvgIpc) is 2.62. The van der Waals surface area contributed by atoms with E-state index in [1.165, 1.54) is 25.1 Å². The zero-order valence-electron chi connectivity index (χ0n) is 13.8. The topological polar surface area (TPSA) is 122 Å². The van der Waals surface area contributed by atoms with Gasteiger partial charge in [0.1, 0.15) is 0 Å². The molecule has 26 heavy (non-hydrogen) atoms. The maximum atomic E-state index is 12.1. The number of ether oxygens (including phenoxy) is 1. The van der Waals surface area contributed by atoms with Crippen LogP contribution in [-0.4, -0.2) is 22.9 Å². The highest BCUT2D eigenvalue weighted by Gasteiger charge is 2.21. The third-order valence-electron chi connectivity index (χ3n) is 3.48. The van der Waals surface area contributed by atoms with Crippen molar-refractivity contribution in [1.82, 2.24) is 0 Å². The number of nitro groups is 1. The van der Waals surface area contributed by atoms with Gasteiger partial charge in [0.2, 0.25) is 0 Å². The molecule has 0 aliphatic rings. The van der Waals surface area contributed by atoms with E-state index in [4.69, 9.17) is 10.00 Å². The Morgan fingerprint density at radius 1 is 1.23 bits per heavy atom. The fraction of sp³-hybridized carbons (Fsp3) is 0.167. The molecule has 1 amide bonds. The lowest BCUT2D eigenvalue weighted by atomic mass is 10.1. The molecule has 0 aliphatic carbocycles. The Bertz CT molecular complexity index is 871. The molecular weight excluding hydrogens is 338 g/mol. The highest BCUT2D eigenvalue weighted by atomic mass is 16.6. The molecule has 2 aromatic carbocycles. The second-order valence-corrected chi connectivity index (χ2v) is 5.37. The molecule has 2 rings (SSSR count). The number of amides is 1. The molecule has 0 aromatic heterocycles. The number of para-hydroxylation sites is 1. The van der Waals surface area contributed by atoms with Gasteiger partial charge in [-0.3, -0.25) is 19.7 Å². The Balaban J connectivity index is 1.95. The van der Waals surface area contributed by atoms with Gasteiger partial charge in [-0.1, -0.05) is 18.2 Å². The molecule has 0 fully saturated rings. The van der Waals surface area contributed by atoms with Crippen molar-refractivity contribution >= 4 is 23.3 Å². The first-order valence-corrected chi connectivity index (χ1v) is 7.63. The lowest BCUT2D eigenvalue weighted by Gasteiger charge is -2.13. The van der Waals surface area contributed by atoms with Crippen LogP contribution in [-0.2, 0) is 20.7 Å². The molecule has 0 saturated heterocycles. The van der Waals surface area contributed by atoms with Crippen LogP contribution < -0.4 is 5.32 Å². The summed E-state index contributed by atoms with van der Waals surface area (Å²) in [6.07, 6.45) is -1.40. The molecule has 0 bridgehead atoms. The Kier molecular flexibility index (Phi) is 6.01. The number of nitro benzene ring substituents is 1. The molecule has 1 N–H and O–H groups in total. The lowest BCUT2D eigenvalue weighted by Crippen LogP contribution is -2.30. The maximum Gasteiger partial charge on any atom is 0.311 e. The number of esters is 1. The summed E-state index contributed by atoms with van der Waals surface area (Å²) in [6, 6.07) is 14.0. The molecular formula is C18H15N3O5. The first-order valence-electron chi connectivity index (χ1n) is 7.63. The predicted molar refractivity (Wildman–Crippen MR) is 92.1 cm³/mol. The SMILES string of the molecule is C[C@@H](OC(=O)Cc1ccccc1[N+](=O)[O-])C(=O)Nc1ccc(C#N)cc1. The van der Waals surface area contributed by atoms with Crippen LogP contribution in [0.2, 0.25) is 0 Å². The van der Waals surface area contributed by atoms with Gasteiger partial charge < -0.3 is 10.1 Å². The molecule has 0 spiro atoms. The number of nitrogens with zero attached hydrogens (tertiary/aromatic N) is 2. The Morgan fingerprint density at radius 2 is 1.88 bits per heavy atom. The number of rotatable bonds is 6. The van der Waals surface area contributed by atoms with E-state index in [1.54, 1.807) is 30.3 Å². The Morgan fingerprint density at radius 3 is 2.50 bits per heavy atom. The van der Waals surface area contributed by atoms with Crippen molar-refractivity contribution in [3.05, 3.63) is 69.8 Å². The van der Waals surface area contributed by atoms with Gasteiger partial charge in [-0.2, -0.15) is 5.26 Å². The normalized spacial score (nSPS) is 11.1. The van der Waals surface area contributed by atoms with Gasteiger partial charge >= 0.3 is 5.97 Å². The molecule has 1 atom stereocenters. The van der Waals surface area contributed by atoms with E-state index in [-0.39, 0.29) is 17.7 Å². The summed E-state index contributed by atoms with van der Waals surface area (Å²) < 4.78 is 5.04. The van der Waals surface area contributed by atoms with Crippen molar-refractivity contribution in [2.75, 3.05) is 5.32 Å². The molecule has 132 valence electrons. The smallest absolute Gasteiger partial charge is 0.311 e. The number of hydrogen-bond donors (Lipinski definition) is 1. The number of nitrogens with one attached hydrogen (secondary N) is 1. The minimum Gasteiger partial charge on any atom is -0.452 e. The molecule has 0 aliphatic heterocycles. The van der Waals surface area contributed by atoms with E-state index < -0.39 is 22.9 Å². The third-order valence-corrected chi connectivity index (χ3v) is 3.48. The van der Waals surface area contributed by atoms with Crippen molar-refractivity contribution in [1.29, 1.82) is 5.26 Å². The van der Waals surface area contributed by atoms with Crippen LogP contribution in [0.1, 0.15) is 18.1 Å². The highest BCUT2D eigenvalue weighted by molar-refractivity contribution is 5.95. The zero-order valence-corrected chi connectivity index (χ0v) is 13.8. The fourth-order valence-electron chi connectivity index (χ4n) is 2.16. The van der Waals surface area contributed by atoms with Crippen molar-refractivity contribution in [2.24, 2.45) is 0 Å². The fourth-order valence-corrected chi connectivity index (χ4v) is 2.16. The molecule has 2 aromatic rings. The van der Waals surface area contributed by atoms with Crippen molar-refractivity contribution < 1.29 is 19.2 Å². The molecule has 8 nitrogen and oxygen atoms in total. The number of carbonyl (C=O) groups excluding carboxylic acids is 2. The number of carbonyl (C=O) groups is 2. The van der Waals surface area contributed by atoms with Crippen LogP contribution in [0.25, 0.3) is 0 Å². The second kappa shape index (κ2) is 8.39. The van der Waals surface area contributed by atoms with Crippen LogP contribution in [0.3, 0.4) is 0 Å². The van der Waals surface area contributed by atoms with E-state index in [0.29, 0.717) is 11.3 Å². The van der Waals surface area contributed by atoms with Gasteiger partial charge in [0, 0.05) is 17.3 Å². The van der Waals surface area contributed by atoms with Gasteiger partial charge in [0.15, 0.2) is 6.10 Å². The monoisotopic (exact) mass is 353 g/mol. The van der Waals surface area contributed by atoms with Crippen LogP contribution in [0.5, 0.6) is 0 Å². The highest BCUT2D eigenvalue weighted by Crippen LogP contribution is 2.18. The van der Waals surface area contributed by atoms with Gasteiger partial charge in [-0.25, -0.2) is 0 Å². The van der Waals surface area contributed by atoms with Crippen molar-refractivity contribution in [3.8, 4) is 6.07 Å². The summed E-state index contributed by atoms with van der Waals surface area (Å²) in [4.78, 5) is 34.4. The predicted octanol–water partition coefficient (Wildman–Crippen LogP) is 2.58. The molecule has 0 radical (unpaired) electrons.